The predicted octanol–water partition coefficient (Wildman–Crippen LogP) is 0.919. The first-order valence-corrected chi connectivity index (χ1v) is 8.54. The lowest BCUT2D eigenvalue weighted by Gasteiger charge is -2.34. The van der Waals surface area contributed by atoms with Crippen LogP contribution in [0.15, 0.2) is 17.4 Å². The Balaban J connectivity index is 1.66. The van der Waals surface area contributed by atoms with Gasteiger partial charge in [-0.25, -0.2) is 0 Å². The Labute approximate surface area is 148 Å². The monoisotopic (exact) mass is 345 g/mol. The molecule has 0 aliphatic carbocycles. The van der Waals surface area contributed by atoms with E-state index < -0.39 is 0 Å². The van der Waals surface area contributed by atoms with Crippen LogP contribution in [0.25, 0.3) is 0 Å². The third-order valence-electron chi connectivity index (χ3n) is 4.76. The summed E-state index contributed by atoms with van der Waals surface area (Å²) in [5, 5.41) is 12.2. The van der Waals surface area contributed by atoms with Crippen LogP contribution in [0.4, 0.5) is 0 Å². The molecule has 8 heteroatoms. The van der Waals surface area contributed by atoms with Crippen LogP contribution >= 0.6 is 0 Å². The van der Waals surface area contributed by atoms with Crippen molar-refractivity contribution in [3.63, 3.8) is 0 Å². The molecular formula is C17H27N7O. The highest BCUT2D eigenvalue weighted by Crippen LogP contribution is 2.21. The molecule has 2 aromatic heterocycles. The van der Waals surface area contributed by atoms with Crippen molar-refractivity contribution in [1.82, 2.24) is 29.8 Å². The Hall–Kier alpha value is -2.35. The maximum Gasteiger partial charge on any atom is 0.194 e. The Bertz CT molecular complexity index is 761. The fourth-order valence-electron chi connectivity index (χ4n) is 3.22. The Morgan fingerprint density at radius 3 is 2.80 bits per heavy atom. The molecule has 3 rings (SSSR count). The van der Waals surface area contributed by atoms with Crippen LogP contribution in [-0.2, 0) is 25.4 Å². The van der Waals surface area contributed by atoms with Crippen LogP contribution in [0.2, 0.25) is 0 Å². The molecular weight excluding hydrogens is 318 g/mol. The van der Waals surface area contributed by atoms with Crippen LogP contribution in [0.3, 0.4) is 0 Å². The third kappa shape index (κ3) is 3.68. The minimum absolute atomic E-state index is 0.0165. The largest absolute Gasteiger partial charge is 0.370 e. The molecule has 0 saturated carbocycles. The van der Waals surface area contributed by atoms with Gasteiger partial charge in [-0.2, -0.15) is 10.2 Å². The van der Waals surface area contributed by atoms with Crippen molar-refractivity contribution in [2.24, 2.45) is 19.1 Å². The zero-order chi connectivity index (χ0) is 18.0. The standard InChI is InChI=1S/C17H27N7O/c1-12-15(13(2)23(5)21-12)9-19-17(18-3)24-6-7-25-16(11-24)14-8-20-22(4)10-14/h8,10,16H,6-7,9,11H2,1-5H3,(H,18,19). The van der Waals surface area contributed by atoms with E-state index in [0.717, 1.165) is 30.3 Å². The summed E-state index contributed by atoms with van der Waals surface area (Å²) in [5.74, 6) is 0.889. The molecule has 136 valence electrons. The second kappa shape index (κ2) is 7.26. The van der Waals surface area contributed by atoms with E-state index in [0.29, 0.717) is 13.2 Å². The van der Waals surface area contributed by atoms with Gasteiger partial charge in [0.25, 0.3) is 0 Å². The molecule has 0 bridgehead atoms. The van der Waals surface area contributed by atoms with Gasteiger partial charge in [0.05, 0.1) is 25.0 Å². The molecule has 0 aromatic carbocycles. The van der Waals surface area contributed by atoms with Gasteiger partial charge in [-0.15, -0.1) is 0 Å². The number of nitrogens with zero attached hydrogens (tertiary/aromatic N) is 6. The lowest BCUT2D eigenvalue weighted by molar-refractivity contribution is -0.00805. The first-order chi connectivity index (χ1) is 12.0. The number of aryl methyl sites for hydroxylation is 3. The summed E-state index contributed by atoms with van der Waals surface area (Å²) in [6.45, 7) is 7.10. The normalized spacial score (nSPS) is 18.7. The number of aromatic nitrogens is 4. The second-order valence-electron chi connectivity index (χ2n) is 6.43. The van der Waals surface area contributed by atoms with Crippen LogP contribution in [0.5, 0.6) is 0 Å². The zero-order valence-electron chi connectivity index (χ0n) is 15.7. The van der Waals surface area contributed by atoms with E-state index >= 15 is 0 Å². The Kier molecular flexibility index (Phi) is 5.08. The number of morpholine rings is 1. The molecule has 0 radical (unpaired) electrons. The first kappa shape index (κ1) is 17.5. The Morgan fingerprint density at radius 2 is 2.20 bits per heavy atom. The summed E-state index contributed by atoms with van der Waals surface area (Å²) in [5.41, 5.74) is 4.55. The van der Waals surface area contributed by atoms with E-state index in [9.17, 15) is 0 Å². The van der Waals surface area contributed by atoms with Gasteiger partial charge in [-0.1, -0.05) is 0 Å². The average Bonchev–Trinajstić information content (AvgIpc) is 3.14. The molecule has 2 aromatic rings. The SMILES string of the molecule is CN=C(NCc1c(C)nn(C)c1C)N1CCOC(c2cnn(C)c2)C1. The average molecular weight is 345 g/mol. The maximum atomic E-state index is 5.92. The minimum Gasteiger partial charge on any atom is -0.370 e. The fourth-order valence-corrected chi connectivity index (χ4v) is 3.22. The lowest BCUT2D eigenvalue weighted by Crippen LogP contribution is -2.48. The number of hydrogen-bond donors (Lipinski definition) is 1. The molecule has 1 unspecified atom stereocenters. The highest BCUT2D eigenvalue weighted by atomic mass is 16.5. The summed E-state index contributed by atoms with van der Waals surface area (Å²) >= 11 is 0. The van der Waals surface area contributed by atoms with Crippen LogP contribution in [0, 0.1) is 13.8 Å². The van der Waals surface area contributed by atoms with Gasteiger partial charge in [0.15, 0.2) is 5.96 Å². The van der Waals surface area contributed by atoms with Crippen molar-refractivity contribution < 1.29 is 4.74 Å². The quantitative estimate of drug-likeness (QED) is 0.661. The molecule has 0 spiro atoms. The van der Waals surface area contributed by atoms with E-state index in [2.05, 4.69) is 32.3 Å². The zero-order valence-corrected chi connectivity index (χ0v) is 15.7. The number of hydrogen-bond acceptors (Lipinski definition) is 4. The highest BCUT2D eigenvalue weighted by Gasteiger charge is 2.25. The van der Waals surface area contributed by atoms with E-state index in [1.54, 1.807) is 4.68 Å². The smallest absolute Gasteiger partial charge is 0.194 e. The molecule has 3 heterocycles. The summed E-state index contributed by atoms with van der Waals surface area (Å²) in [6.07, 6.45) is 3.89. The molecule has 1 aliphatic heterocycles. The molecule has 0 amide bonds. The van der Waals surface area contributed by atoms with Gasteiger partial charge in [-0.3, -0.25) is 14.4 Å². The third-order valence-corrected chi connectivity index (χ3v) is 4.76. The predicted molar refractivity (Wildman–Crippen MR) is 96.4 cm³/mol. The number of aliphatic imine (C=N–C) groups is 1. The maximum absolute atomic E-state index is 5.92. The highest BCUT2D eigenvalue weighted by molar-refractivity contribution is 5.80. The van der Waals surface area contributed by atoms with E-state index in [4.69, 9.17) is 4.74 Å². The van der Waals surface area contributed by atoms with Gasteiger partial charge in [0.2, 0.25) is 0 Å². The molecule has 1 aliphatic rings. The van der Waals surface area contributed by atoms with Crippen LogP contribution in [0.1, 0.15) is 28.6 Å². The number of nitrogens with one attached hydrogen (secondary N) is 1. The van der Waals surface area contributed by atoms with Gasteiger partial charge in [0, 0.05) is 57.3 Å². The summed E-state index contributed by atoms with van der Waals surface area (Å²) in [7, 11) is 5.71. The van der Waals surface area contributed by atoms with Crippen molar-refractivity contribution in [2.45, 2.75) is 26.5 Å². The van der Waals surface area contributed by atoms with Gasteiger partial charge in [0.1, 0.15) is 6.10 Å². The Morgan fingerprint density at radius 1 is 1.40 bits per heavy atom. The van der Waals surface area contributed by atoms with Gasteiger partial charge in [-0.05, 0) is 13.8 Å². The number of guanidine groups is 1. The van der Waals surface area contributed by atoms with Gasteiger partial charge < -0.3 is 15.0 Å². The van der Waals surface area contributed by atoms with E-state index in [1.165, 1.54) is 11.3 Å². The minimum atomic E-state index is 0.0165. The van der Waals surface area contributed by atoms with Crippen molar-refractivity contribution >= 4 is 5.96 Å². The fraction of sp³-hybridized carbons (Fsp3) is 0.588. The molecule has 1 fully saturated rings. The molecule has 1 saturated heterocycles. The van der Waals surface area contributed by atoms with Crippen molar-refractivity contribution in [3.05, 3.63) is 34.9 Å². The number of ether oxygens (including phenoxy) is 1. The lowest BCUT2D eigenvalue weighted by atomic mass is 10.1. The summed E-state index contributed by atoms with van der Waals surface area (Å²) in [6, 6.07) is 0. The van der Waals surface area contributed by atoms with Crippen molar-refractivity contribution in [2.75, 3.05) is 26.7 Å². The number of rotatable bonds is 3. The van der Waals surface area contributed by atoms with Crippen molar-refractivity contribution in [3.8, 4) is 0 Å². The summed E-state index contributed by atoms with van der Waals surface area (Å²) in [4.78, 5) is 6.69. The molecule has 8 nitrogen and oxygen atoms in total. The van der Waals surface area contributed by atoms with Crippen molar-refractivity contribution in [1.29, 1.82) is 0 Å². The molecule has 25 heavy (non-hydrogen) atoms. The van der Waals surface area contributed by atoms with E-state index in [1.807, 2.05) is 45.1 Å². The van der Waals surface area contributed by atoms with Gasteiger partial charge >= 0.3 is 0 Å². The first-order valence-electron chi connectivity index (χ1n) is 8.54. The van der Waals surface area contributed by atoms with Crippen LogP contribution in [-0.4, -0.2) is 57.2 Å². The summed E-state index contributed by atoms with van der Waals surface area (Å²) < 4.78 is 9.64. The van der Waals surface area contributed by atoms with E-state index in [-0.39, 0.29) is 6.10 Å². The second-order valence-corrected chi connectivity index (χ2v) is 6.43. The molecule has 1 N–H and O–H groups in total. The van der Waals surface area contributed by atoms with Crippen LogP contribution < -0.4 is 5.32 Å². The topological polar surface area (TPSA) is 72.5 Å². The molecule has 1 atom stereocenters.